The van der Waals surface area contributed by atoms with E-state index in [9.17, 15) is 24.9 Å². The van der Waals surface area contributed by atoms with Gasteiger partial charge in [0.05, 0.1) is 5.60 Å². The molecule has 0 saturated carbocycles. The highest BCUT2D eigenvalue weighted by Crippen LogP contribution is 2.57. The fourth-order valence-corrected chi connectivity index (χ4v) is 8.12. The van der Waals surface area contributed by atoms with Crippen molar-refractivity contribution in [3.63, 3.8) is 0 Å². The van der Waals surface area contributed by atoms with Gasteiger partial charge in [0.25, 0.3) is 0 Å². The second-order valence-electron chi connectivity index (χ2n) is 16.7. The fourth-order valence-electron chi connectivity index (χ4n) is 8.12. The highest BCUT2D eigenvalue weighted by molar-refractivity contribution is 5.99. The highest BCUT2D eigenvalue weighted by atomic mass is 16.6. The minimum Gasteiger partial charge on any atom is -0.504 e. The van der Waals surface area contributed by atoms with Crippen LogP contribution < -0.4 is 5.32 Å². The molecular weight excluding hydrogens is 662 g/mol. The Balaban J connectivity index is 1.25. The third kappa shape index (κ3) is 8.02. The van der Waals surface area contributed by atoms with Gasteiger partial charge in [-0.3, -0.25) is 15.6 Å². The molecule has 3 atom stereocenters. The summed E-state index contributed by atoms with van der Waals surface area (Å²) in [6, 6.07) is 11.4. The number of phenolic OH excluding ortho intramolecular Hbond substituents is 2. The van der Waals surface area contributed by atoms with Crippen molar-refractivity contribution >= 4 is 29.0 Å². The molecule has 3 aromatic rings. The molecule has 2 bridgehead atoms. The molecular formula is C40H57N5O7. The van der Waals surface area contributed by atoms with Gasteiger partial charge in [-0.15, -0.1) is 0 Å². The van der Waals surface area contributed by atoms with Gasteiger partial charge in [0.15, 0.2) is 11.5 Å². The number of phenols is 2. The SMILES string of the molecule is Cc1c(CC23CCN(CCCCCCN(C(=N)NC(=O)OC(C)(C)C)C(=O)OC(C)(C)C)C(Cc4ccc(O)c(O)c42)C3(C)O)[nH]c2ccccc12. The number of aromatic hydroxyl groups is 2. The van der Waals surface area contributed by atoms with E-state index in [0.717, 1.165) is 58.4 Å². The van der Waals surface area contributed by atoms with Crippen molar-refractivity contribution in [2.24, 2.45) is 0 Å². The number of piperidine rings is 1. The molecule has 0 radical (unpaired) electrons. The van der Waals surface area contributed by atoms with E-state index >= 15 is 0 Å². The van der Waals surface area contributed by atoms with Crippen molar-refractivity contribution < 1.29 is 34.4 Å². The quantitative estimate of drug-likeness (QED) is 0.0594. The van der Waals surface area contributed by atoms with E-state index in [1.54, 1.807) is 47.6 Å². The standard InChI is InChI=1S/C40H57N5O7/c1-25-27-15-11-12-16-28(27)42-29(25)24-40-19-22-44(31(39(40,8)50)23-26-17-18-30(46)33(47)32(26)40)20-13-9-10-14-21-45(36(49)52-38(5,6)7)34(41)43-35(48)51-37(2,3)4/h11-12,15-18,31,42,46-47,50H,9-10,13-14,19-24H2,1-8H3,(H2,41,43,48). The van der Waals surface area contributed by atoms with E-state index in [1.165, 1.54) is 0 Å². The summed E-state index contributed by atoms with van der Waals surface area (Å²) in [6.07, 6.45) is 3.15. The van der Waals surface area contributed by atoms with Gasteiger partial charge in [-0.25, -0.2) is 14.5 Å². The van der Waals surface area contributed by atoms with Crippen molar-refractivity contribution in [3.8, 4) is 11.5 Å². The molecule has 1 fully saturated rings. The third-order valence-electron chi connectivity index (χ3n) is 10.6. The van der Waals surface area contributed by atoms with E-state index in [-0.39, 0.29) is 24.1 Å². The van der Waals surface area contributed by atoms with Crippen LogP contribution in [0.25, 0.3) is 10.9 Å². The first-order valence-corrected chi connectivity index (χ1v) is 18.4. The summed E-state index contributed by atoms with van der Waals surface area (Å²) >= 11 is 0. The van der Waals surface area contributed by atoms with Gasteiger partial charge < -0.3 is 29.8 Å². The fraction of sp³-hybridized carbons (Fsp3) is 0.575. The molecule has 12 nitrogen and oxygen atoms in total. The number of carbonyl (C=O) groups excluding carboxylic acids is 2. The second kappa shape index (κ2) is 14.6. The van der Waals surface area contributed by atoms with Crippen LogP contribution in [0.15, 0.2) is 36.4 Å². The Morgan fingerprint density at radius 3 is 2.37 bits per heavy atom. The number of H-pyrrole nitrogens is 1. The van der Waals surface area contributed by atoms with Crippen LogP contribution in [0.1, 0.15) is 103 Å². The molecule has 12 heteroatoms. The maximum atomic E-state index is 13.0. The number of para-hydroxylation sites is 1. The van der Waals surface area contributed by atoms with Crippen molar-refractivity contribution in [2.45, 2.75) is 129 Å². The lowest BCUT2D eigenvalue weighted by atomic mass is 9.53. The van der Waals surface area contributed by atoms with Crippen LogP contribution in [0.2, 0.25) is 0 Å². The molecule has 5 rings (SSSR count). The molecule has 6 N–H and O–H groups in total. The number of guanidine groups is 1. The Labute approximate surface area is 307 Å². The molecule has 1 aliphatic carbocycles. The van der Waals surface area contributed by atoms with Crippen molar-refractivity contribution in [3.05, 3.63) is 58.8 Å². The summed E-state index contributed by atoms with van der Waals surface area (Å²) in [7, 11) is 0. The molecule has 284 valence electrons. The van der Waals surface area contributed by atoms with Gasteiger partial charge in [0.1, 0.15) is 11.2 Å². The zero-order valence-electron chi connectivity index (χ0n) is 32.0. The topological polar surface area (TPSA) is 171 Å². The lowest BCUT2D eigenvalue weighted by Crippen LogP contribution is -2.71. The molecule has 1 aromatic heterocycles. The smallest absolute Gasteiger partial charge is 0.417 e. The zero-order valence-corrected chi connectivity index (χ0v) is 32.0. The van der Waals surface area contributed by atoms with E-state index < -0.39 is 40.4 Å². The summed E-state index contributed by atoms with van der Waals surface area (Å²) in [5.74, 6) is -0.723. The van der Waals surface area contributed by atoms with Gasteiger partial charge >= 0.3 is 12.2 Å². The first-order valence-electron chi connectivity index (χ1n) is 18.4. The van der Waals surface area contributed by atoms with E-state index in [2.05, 4.69) is 28.2 Å². The van der Waals surface area contributed by atoms with Crippen LogP contribution >= 0.6 is 0 Å². The summed E-state index contributed by atoms with van der Waals surface area (Å²) in [5, 5.41) is 46.5. The number of carbonyl (C=O) groups is 2. The van der Waals surface area contributed by atoms with Crippen molar-refractivity contribution in [1.82, 2.24) is 20.1 Å². The van der Waals surface area contributed by atoms with Crippen molar-refractivity contribution in [2.75, 3.05) is 19.6 Å². The van der Waals surface area contributed by atoms with Crippen LogP contribution in [-0.4, -0.2) is 90.7 Å². The molecule has 2 amide bonds. The number of aliphatic hydroxyl groups is 1. The lowest BCUT2D eigenvalue weighted by molar-refractivity contribution is -0.135. The van der Waals surface area contributed by atoms with Gasteiger partial charge in [0, 0.05) is 46.6 Å². The Hall–Kier alpha value is -4.29. The maximum absolute atomic E-state index is 13.0. The number of amides is 2. The van der Waals surface area contributed by atoms with Crippen LogP contribution in [-0.2, 0) is 27.7 Å². The summed E-state index contributed by atoms with van der Waals surface area (Å²) < 4.78 is 10.8. The molecule has 3 unspecified atom stereocenters. The molecule has 0 spiro atoms. The minimum absolute atomic E-state index is 0.145. The Kier molecular flexibility index (Phi) is 10.9. The normalized spacial score (nSPS) is 21.8. The monoisotopic (exact) mass is 719 g/mol. The first-order chi connectivity index (χ1) is 24.2. The molecule has 2 aromatic carbocycles. The lowest BCUT2D eigenvalue weighted by Gasteiger charge is -2.60. The number of hydrogen-bond donors (Lipinski definition) is 6. The van der Waals surface area contributed by atoms with Crippen LogP contribution in [0.4, 0.5) is 9.59 Å². The number of hydrogen-bond acceptors (Lipinski definition) is 9. The summed E-state index contributed by atoms with van der Waals surface area (Å²) in [6.45, 7) is 16.0. The number of nitrogens with zero attached hydrogens (tertiary/aromatic N) is 2. The highest BCUT2D eigenvalue weighted by Gasteiger charge is 2.61. The number of aromatic nitrogens is 1. The summed E-state index contributed by atoms with van der Waals surface area (Å²) in [4.78, 5) is 32.4. The molecule has 1 saturated heterocycles. The number of nitrogens with one attached hydrogen (secondary N) is 3. The molecule has 1 aliphatic heterocycles. The largest absolute Gasteiger partial charge is 0.504 e. The number of aryl methyl sites for hydroxylation is 1. The van der Waals surface area contributed by atoms with E-state index in [1.807, 2.05) is 31.2 Å². The molecule has 2 heterocycles. The molecule has 52 heavy (non-hydrogen) atoms. The van der Waals surface area contributed by atoms with E-state index in [4.69, 9.17) is 14.9 Å². The maximum Gasteiger partial charge on any atom is 0.417 e. The number of fused-ring (bicyclic) bond motifs is 5. The Morgan fingerprint density at radius 1 is 1.02 bits per heavy atom. The van der Waals surface area contributed by atoms with E-state index in [0.29, 0.717) is 37.8 Å². The Morgan fingerprint density at radius 2 is 1.69 bits per heavy atom. The second-order valence-corrected chi connectivity index (χ2v) is 16.7. The zero-order chi connectivity index (χ0) is 38.2. The average molecular weight is 720 g/mol. The number of rotatable bonds is 9. The van der Waals surface area contributed by atoms with Crippen LogP contribution in [0, 0.1) is 12.3 Å². The molecule has 2 aliphatic rings. The predicted molar refractivity (Wildman–Crippen MR) is 201 cm³/mol. The number of alkyl carbamates (subject to hydrolysis) is 1. The van der Waals surface area contributed by atoms with Crippen molar-refractivity contribution in [1.29, 1.82) is 5.41 Å². The van der Waals surface area contributed by atoms with Crippen LogP contribution in [0.5, 0.6) is 11.5 Å². The number of aromatic amines is 1. The summed E-state index contributed by atoms with van der Waals surface area (Å²) in [5.41, 5.74) is 1.16. The first kappa shape index (κ1) is 38.9. The number of benzene rings is 2. The Bertz CT molecular complexity index is 1800. The van der Waals surface area contributed by atoms with Gasteiger partial charge in [-0.1, -0.05) is 37.1 Å². The average Bonchev–Trinajstić information content (AvgIpc) is 3.33. The minimum atomic E-state index is -1.22. The predicted octanol–water partition coefficient (Wildman–Crippen LogP) is 7.01. The van der Waals surface area contributed by atoms with Gasteiger partial charge in [-0.2, -0.15) is 0 Å². The number of unbranched alkanes of at least 4 members (excludes halogenated alkanes) is 3. The third-order valence-corrected chi connectivity index (χ3v) is 10.6. The van der Waals surface area contributed by atoms with Gasteiger partial charge in [0.2, 0.25) is 5.96 Å². The number of ether oxygens (including phenoxy) is 2. The van der Waals surface area contributed by atoms with Crippen LogP contribution in [0.3, 0.4) is 0 Å². The number of likely N-dealkylation sites (tertiary alicyclic amines) is 1. The van der Waals surface area contributed by atoms with Gasteiger partial charge in [-0.05, 0) is 117 Å².